The Morgan fingerprint density at radius 2 is 2.30 bits per heavy atom. The Labute approximate surface area is 58.0 Å². The van der Waals surface area contributed by atoms with Crippen LogP contribution in [0.4, 0.5) is 0 Å². The van der Waals surface area contributed by atoms with Gasteiger partial charge in [0.1, 0.15) is 5.76 Å². The number of H-pyrrole nitrogens is 1. The molecule has 0 radical (unpaired) electrons. The molecule has 0 spiro atoms. The molecule has 0 aliphatic heterocycles. The Hall–Kier alpha value is -1.03. The third-order valence-electron chi connectivity index (χ3n) is 1.38. The van der Waals surface area contributed by atoms with E-state index in [1.807, 2.05) is 0 Å². The van der Waals surface area contributed by atoms with Gasteiger partial charge in [0, 0.05) is 6.04 Å². The molecular weight excluding hydrogens is 132 g/mol. The minimum atomic E-state index is -0.262. The summed E-state index contributed by atoms with van der Waals surface area (Å²) in [7, 11) is 0. The van der Waals surface area contributed by atoms with E-state index >= 15 is 0 Å². The van der Waals surface area contributed by atoms with Crippen molar-refractivity contribution in [2.24, 2.45) is 5.73 Å². The summed E-state index contributed by atoms with van der Waals surface area (Å²) >= 11 is 0. The van der Waals surface area contributed by atoms with E-state index in [-0.39, 0.29) is 11.6 Å². The largest absolute Gasteiger partial charge is 0.383 e. The van der Waals surface area contributed by atoms with Crippen LogP contribution in [0.2, 0.25) is 0 Å². The zero-order chi connectivity index (χ0) is 7.72. The minimum Gasteiger partial charge on any atom is -0.383 e. The summed E-state index contributed by atoms with van der Waals surface area (Å²) in [6.45, 7) is 3.45. The molecule has 1 heterocycles. The zero-order valence-corrected chi connectivity index (χ0v) is 5.97. The number of aromatic nitrogens is 1. The highest BCUT2D eigenvalue weighted by molar-refractivity contribution is 5.15. The molecule has 0 amide bonds. The quantitative estimate of drug-likeness (QED) is 0.592. The number of nitrogens with one attached hydrogen (secondary N) is 1. The normalized spacial score (nSPS) is 13.5. The van der Waals surface area contributed by atoms with Crippen LogP contribution in [-0.2, 0) is 0 Å². The summed E-state index contributed by atoms with van der Waals surface area (Å²) in [6.07, 6.45) is 0. The van der Waals surface area contributed by atoms with E-state index in [0.717, 1.165) is 0 Å². The molecule has 1 rings (SSSR count). The van der Waals surface area contributed by atoms with Crippen LogP contribution in [0, 0.1) is 6.92 Å². The number of hydrogen-bond acceptors (Lipinski definition) is 3. The molecule has 0 aromatic carbocycles. The summed E-state index contributed by atoms with van der Waals surface area (Å²) in [5.41, 5.74) is 5.78. The second-order valence-electron chi connectivity index (χ2n) is 2.29. The van der Waals surface area contributed by atoms with Crippen molar-refractivity contribution >= 4 is 0 Å². The van der Waals surface area contributed by atoms with Crippen LogP contribution in [0.15, 0.2) is 9.32 Å². The topological polar surface area (TPSA) is 72.0 Å². The highest BCUT2D eigenvalue weighted by Gasteiger charge is 2.11. The molecule has 1 atom stereocenters. The monoisotopic (exact) mass is 142 g/mol. The molecule has 1 aromatic rings. The van der Waals surface area contributed by atoms with Gasteiger partial charge in [-0.15, -0.1) is 0 Å². The van der Waals surface area contributed by atoms with Crippen molar-refractivity contribution in [1.82, 2.24) is 5.16 Å². The first kappa shape index (κ1) is 7.08. The van der Waals surface area contributed by atoms with Crippen LogP contribution in [0.1, 0.15) is 24.3 Å². The van der Waals surface area contributed by atoms with Crippen LogP contribution >= 0.6 is 0 Å². The van der Waals surface area contributed by atoms with Gasteiger partial charge in [0.15, 0.2) is 0 Å². The summed E-state index contributed by atoms with van der Waals surface area (Å²) in [5.74, 6) is 0.569. The highest BCUT2D eigenvalue weighted by atomic mass is 16.5. The Kier molecular flexibility index (Phi) is 1.63. The Morgan fingerprint density at radius 1 is 1.70 bits per heavy atom. The van der Waals surface area contributed by atoms with Crippen LogP contribution in [0.5, 0.6) is 0 Å². The van der Waals surface area contributed by atoms with Crippen LogP contribution in [-0.4, -0.2) is 5.16 Å². The van der Waals surface area contributed by atoms with Crippen molar-refractivity contribution in [3.8, 4) is 0 Å². The zero-order valence-electron chi connectivity index (χ0n) is 5.97. The lowest BCUT2D eigenvalue weighted by Gasteiger charge is -1.97. The van der Waals surface area contributed by atoms with E-state index in [0.29, 0.717) is 11.3 Å². The maximum absolute atomic E-state index is 10.9. The average molecular weight is 142 g/mol. The molecule has 10 heavy (non-hydrogen) atoms. The molecular formula is C6H10N2O2. The SMILES string of the molecule is Cc1o[nH]c(=O)c1C(C)N. The van der Waals surface area contributed by atoms with Gasteiger partial charge in [-0.25, -0.2) is 0 Å². The van der Waals surface area contributed by atoms with Gasteiger partial charge in [0.25, 0.3) is 5.56 Å². The lowest BCUT2D eigenvalue weighted by atomic mass is 10.1. The van der Waals surface area contributed by atoms with Crippen LogP contribution in [0.3, 0.4) is 0 Å². The van der Waals surface area contributed by atoms with Gasteiger partial charge in [-0.1, -0.05) is 0 Å². The first-order valence-corrected chi connectivity index (χ1v) is 3.06. The van der Waals surface area contributed by atoms with E-state index in [4.69, 9.17) is 10.3 Å². The lowest BCUT2D eigenvalue weighted by molar-refractivity contribution is 0.390. The first-order chi connectivity index (χ1) is 4.63. The molecule has 4 heteroatoms. The molecule has 0 bridgehead atoms. The second kappa shape index (κ2) is 2.30. The van der Waals surface area contributed by atoms with E-state index in [1.54, 1.807) is 13.8 Å². The van der Waals surface area contributed by atoms with E-state index in [1.165, 1.54) is 0 Å². The van der Waals surface area contributed by atoms with Gasteiger partial charge in [0.05, 0.1) is 5.56 Å². The molecule has 0 saturated heterocycles. The van der Waals surface area contributed by atoms with E-state index in [2.05, 4.69) is 5.16 Å². The van der Waals surface area contributed by atoms with Gasteiger partial charge >= 0.3 is 0 Å². The van der Waals surface area contributed by atoms with Crippen LogP contribution < -0.4 is 11.3 Å². The van der Waals surface area contributed by atoms with Gasteiger partial charge in [-0.3, -0.25) is 4.79 Å². The van der Waals surface area contributed by atoms with Gasteiger partial charge in [-0.2, -0.15) is 5.16 Å². The Balaban J connectivity index is 3.23. The predicted molar refractivity (Wildman–Crippen MR) is 36.7 cm³/mol. The van der Waals surface area contributed by atoms with Crippen molar-refractivity contribution in [2.45, 2.75) is 19.9 Å². The number of nitrogens with two attached hydrogens (primary N) is 1. The van der Waals surface area contributed by atoms with Crippen molar-refractivity contribution in [3.05, 3.63) is 21.7 Å². The summed E-state index contributed by atoms with van der Waals surface area (Å²) in [5, 5.41) is 2.21. The third-order valence-corrected chi connectivity index (χ3v) is 1.38. The van der Waals surface area contributed by atoms with Crippen molar-refractivity contribution in [1.29, 1.82) is 0 Å². The minimum absolute atomic E-state index is 0.229. The van der Waals surface area contributed by atoms with Gasteiger partial charge < -0.3 is 10.3 Å². The molecule has 56 valence electrons. The predicted octanol–water partition coefficient (Wildman–Crippen LogP) is 0.296. The molecule has 0 saturated carbocycles. The fourth-order valence-corrected chi connectivity index (χ4v) is 0.920. The van der Waals surface area contributed by atoms with Crippen molar-refractivity contribution in [2.75, 3.05) is 0 Å². The average Bonchev–Trinajstić information content (AvgIpc) is 2.11. The van der Waals surface area contributed by atoms with E-state index in [9.17, 15) is 4.79 Å². The Bertz CT molecular complexity index is 272. The van der Waals surface area contributed by atoms with E-state index < -0.39 is 0 Å². The van der Waals surface area contributed by atoms with Crippen molar-refractivity contribution < 1.29 is 4.52 Å². The summed E-state index contributed by atoms with van der Waals surface area (Å²) in [4.78, 5) is 10.9. The Morgan fingerprint density at radius 3 is 2.50 bits per heavy atom. The van der Waals surface area contributed by atoms with Crippen LogP contribution in [0.25, 0.3) is 0 Å². The second-order valence-corrected chi connectivity index (χ2v) is 2.29. The van der Waals surface area contributed by atoms with Gasteiger partial charge in [0.2, 0.25) is 0 Å². The number of aromatic amines is 1. The fourth-order valence-electron chi connectivity index (χ4n) is 0.920. The highest BCUT2D eigenvalue weighted by Crippen LogP contribution is 2.07. The molecule has 0 aliphatic carbocycles. The molecule has 0 aliphatic rings. The first-order valence-electron chi connectivity index (χ1n) is 3.06. The maximum Gasteiger partial charge on any atom is 0.284 e. The standard InChI is InChI=1S/C6H10N2O2/c1-3(7)5-4(2)10-8-6(5)9/h3H,7H2,1-2H3,(H,8,9). The van der Waals surface area contributed by atoms with Gasteiger partial charge in [-0.05, 0) is 13.8 Å². The number of aryl methyl sites for hydroxylation is 1. The summed E-state index contributed by atoms with van der Waals surface area (Å²) in [6, 6.07) is -0.262. The third kappa shape index (κ3) is 0.974. The lowest BCUT2D eigenvalue weighted by Crippen LogP contribution is -2.15. The molecule has 0 fully saturated rings. The number of rotatable bonds is 1. The van der Waals surface area contributed by atoms with Crippen molar-refractivity contribution in [3.63, 3.8) is 0 Å². The molecule has 3 N–H and O–H groups in total. The number of hydrogen-bond donors (Lipinski definition) is 2. The smallest absolute Gasteiger partial charge is 0.284 e. The molecule has 1 unspecified atom stereocenters. The molecule has 1 aromatic heterocycles. The molecule has 4 nitrogen and oxygen atoms in total. The fraction of sp³-hybridized carbons (Fsp3) is 0.500. The summed E-state index contributed by atoms with van der Waals surface area (Å²) < 4.78 is 4.74. The maximum atomic E-state index is 10.9.